The molecule has 1 aliphatic heterocycles. The SMILES string of the molecule is C=CCn1c(O)c(N=NC(=O)[C@@H]2C(=O)NC[C@H]2c2ccccc2)c2ccccc21. The van der Waals surface area contributed by atoms with Gasteiger partial charge in [-0.25, -0.2) is 0 Å². The van der Waals surface area contributed by atoms with Crippen molar-refractivity contribution in [2.45, 2.75) is 12.5 Å². The van der Waals surface area contributed by atoms with Crippen LogP contribution < -0.4 is 5.32 Å². The van der Waals surface area contributed by atoms with Gasteiger partial charge in [-0.15, -0.1) is 16.8 Å². The maximum atomic E-state index is 12.8. The topological polar surface area (TPSA) is 96.0 Å². The lowest BCUT2D eigenvalue weighted by Crippen LogP contribution is -2.25. The predicted molar refractivity (Wildman–Crippen MR) is 109 cm³/mol. The third kappa shape index (κ3) is 3.31. The van der Waals surface area contributed by atoms with Crippen molar-refractivity contribution < 1.29 is 14.7 Å². The van der Waals surface area contributed by atoms with Crippen molar-refractivity contribution in [3.8, 4) is 5.88 Å². The van der Waals surface area contributed by atoms with Gasteiger partial charge in [-0.3, -0.25) is 9.59 Å². The third-order valence-electron chi connectivity index (χ3n) is 5.15. The van der Waals surface area contributed by atoms with Crippen molar-refractivity contribution in [2.75, 3.05) is 6.54 Å². The largest absolute Gasteiger partial charge is 0.493 e. The number of amides is 2. The molecule has 1 aliphatic rings. The molecule has 2 N–H and O–H groups in total. The van der Waals surface area contributed by atoms with Crippen LogP contribution in [0.15, 0.2) is 77.5 Å². The summed E-state index contributed by atoms with van der Waals surface area (Å²) in [5.74, 6) is -2.33. The molecule has 0 bridgehead atoms. The molecule has 4 rings (SSSR count). The molecule has 7 heteroatoms. The third-order valence-corrected chi connectivity index (χ3v) is 5.15. The maximum absolute atomic E-state index is 12.8. The zero-order chi connectivity index (χ0) is 20.4. The summed E-state index contributed by atoms with van der Waals surface area (Å²) < 4.78 is 1.64. The number of hydrogen-bond acceptors (Lipinski definition) is 4. The van der Waals surface area contributed by atoms with Crippen molar-refractivity contribution in [1.82, 2.24) is 9.88 Å². The van der Waals surface area contributed by atoms with E-state index in [1.807, 2.05) is 48.5 Å². The summed E-state index contributed by atoms with van der Waals surface area (Å²) in [4.78, 5) is 25.0. The van der Waals surface area contributed by atoms with E-state index in [-0.39, 0.29) is 23.4 Å². The van der Waals surface area contributed by atoms with Crippen LogP contribution in [0.4, 0.5) is 5.69 Å². The van der Waals surface area contributed by atoms with Crippen molar-refractivity contribution in [1.29, 1.82) is 0 Å². The van der Waals surface area contributed by atoms with Crippen LogP contribution in [0.3, 0.4) is 0 Å². The van der Waals surface area contributed by atoms with Crippen LogP contribution in [0.5, 0.6) is 5.88 Å². The van der Waals surface area contributed by atoms with Gasteiger partial charge in [-0.05, 0) is 11.6 Å². The van der Waals surface area contributed by atoms with Gasteiger partial charge in [0.15, 0.2) is 5.69 Å². The van der Waals surface area contributed by atoms with E-state index in [1.165, 1.54) is 0 Å². The fraction of sp³-hybridized carbons (Fsp3) is 0.182. The van der Waals surface area contributed by atoms with Crippen LogP contribution in [0, 0.1) is 5.92 Å². The number of para-hydroxylation sites is 1. The minimum Gasteiger partial charge on any atom is -0.493 e. The highest BCUT2D eigenvalue weighted by Crippen LogP contribution is 2.39. The molecule has 29 heavy (non-hydrogen) atoms. The molecule has 146 valence electrons. The van der Waals surface area contributed by atoms with Gasteiger partial charge in [-0.1, -0.05) is 54.6 Å². The number of hydrogen-bond donors (Lipinski definition) is 2. The molecule has 2 heterocycles. The number of nitrogens with one attached hydrogen (secondary N) is 1. The Balaban J connectivity index is 1.67. The van der Waals surface area contributed by atoms with Gasteiger partial charge >= 0.3 is 0 Å². The Morgan fingerprint density at radius 1 is 1.21 bits per heavy atom. The second-order valence-electron chi connectivity index (χ2n) is 6.87. The first-order valence-electron chi connectivity index (χ1n) is 9.31. The zero-order valence-corrected chi connectivity index (χ0v) is 15.7. The minimum atomic E-state index is -0.940. The van der Waals surface area contributed by atoms with E-state index < -0.39 is 11.8 Å². The van der Waals surface area contributed by atoms with Crippen LogP contribution in [0.2, 0.25) is 0 Å². The smallest absolute Gasteiger partial charge is 0.277 e. The van der Waals surface area contributed by atoms with E-state index in [0.29, 0.717) is 18.5 Å². The average Bonchev–Trinajstić information content (AvgIpc) is 3.25. The second kappa shape index (κ2) is 7.71. The lowest BCUT2D eigenvalue weighted by atomic mass is 9.88. The van der Waals surface area contributed by atoms with Crippen molar-refractivity contribution >= 4 is 28.4 Å². The molecule has 2 atom stereocenters. The summed E-state index contributed by atoms with van der Waals surface area (Å²) in [7, 11) is 0. The molecule has 1 saturated heterocycles. The Kier molecular flexibility index (Phi) is 4.95. The molecule has 0 aliphatic carbocycles. The number of aromatic hydroxyl groups is 1. The summed E-state index contributed by atoms with van der Waals surface area (Å²) in [5.41, 5.74) is 1.85. The summed E-state index contributed by atoms with van der Waals surface area (Å²) >= 11 is 0. The number of fused-ring (bicyclic) bond motifs is 1. The minimum absolute atomic E-state index is 0.0990. The summed E-state index contributed by atoms with van der Waals surface area (Å²) in [6, 6.07) is 16.7. The number of carbonyl (C=O) groups is 2. The number of carbonyl (C=O) groups excluding carboxylic acids is 2. The summed E-state index contributed by atoms with van der Waals surface area (Å²) in [6.07, 6.45) is 1.66. The van der Waals surface area contributed by atoms with Gasteiger partial charge in [0.25, 0.3) is 5.91 Å². The molecule has 0 spiro atoms. The number of rotatable bonds is 5. The molecule has 0 unspecified atom stereocenters. The van der Waals surface area contributed by atoms with E-state index in [4.69, 9.17) is 0 Å². The van der Waals surface area contributed by atoms with Gasteiger partial charge in [0.1, 0.15) is 5.92 Å². The van der Waals surface area contributed by atoms with E-state index >= 15 is 0 Å². The lowest BCUT2D eigenvalue weighted by Gasteiger charge is -2.13. The highest BCUT2D eigenvalue weighted by atomic mass is 16.3. The zero-order valence-electron chi connectivity index (χ0n) is 15.7. The number of benzene rings is 2. The monoisotopic (exact) mass is 388 g/mol. The van der Waals surface area contributed by atoms with Crippen LogP contribution in [-0.4, -0.2) is 28.0 Å². The first-order valence-corrected chi connectivity index (χ1v) is 9.31. The molecule has 1 fully saturated rings. The van der Waals surface area contributed by atoms with Gasteiger partial charge in [0, 0.05) is 24.4 Å². The van der Waals surface area contributed by atoms with Crippen molar-refractivity contribution in [3.05, 3.63) is 72.8 Å². The van der Waals surface area contributed by atoms with E-state index in [1.54, 1.807) is 16.7 Å². The van der Waals surface area contributed by atoms with Crippen LogP contribution in [0.1, 0.15) is 11.5 Å². The molecule has 0 saturated carbocycles. The Labute approximate surface area is 167 Å². The Bertz CT molecular complexity index is 1120. The van der Waals surface area contributed by atoms with Gasteiger partial charge in [-0.2, -0.15) is 0 Å². The first-order chi connectivity index (χ1) is 14.1. The normalized spacial score (nSPS) is 19.0. The number of aromatic nitrogens is 1. The van der Waals surface area contributed by atoms with Gasteiger partial charge < -0.3 is 15.0 Å². The summed E-state index contributed by atoms with van der Waals surface area (Å²) in [5, 5.41) is 21.8. The van der Waals surface area contributed by atoms with Gasteiger partial charge in [0.05, 0.1) is 5.52 Å². The van der Waals surface area contributed by atoms with E-state index in [9.17, 15) is 14.7 Å². The molecule has 3 aromatic rings. The molecule has 2 aromatic carbocycles. The molecule has 1 aromatic heterocycles. The van der Waals surface area contributed by atoms with Crippen LogP contribution in [0.25, 0.3) is 10.9 Å². The highest BCUT2D eigenvalue weighted by Gasteiger charge is 2.41. The summed E-state index contributed by atoms with van der Waals surface area (Å²) in [6.45, 7) is 4.46. The van der Waals surface area contributed by atoms with Gasteiger partial charge in [0.2, 0.25) is 11.8 Å². The van der Waals surface area contributed by atoms with Crippen molar-refractivity contribution in [2.24, 2.45) is 16.1 Å². The molecule has 0 radical (unpaired) electrons. The average molecular weight is 388 g/mol. The second-order valence-corrected chi connectivity index (χ2v) is 6.87. The first kappa shape index (κ1) is 18.6. The van der Waals surface area contributed by atoms with E-state index in [2.05, 4.69) is 22.1 Å². The molecule has 7 nitrogen and oxygen atoms in total. The molecular formula is C22H20N4O3. The van der Waals surface area contributed by atoms with Crippen LogP contribution in [-0.2, 0) is 16.1 Å². The lowest BCUT2D eigenvalue weighted by molar-refractivity contribution is -0.131. The quantitative estimate of drug-likeness (QED) is 0.396. The molecule has 2 amide bonds. The molecular weight excluding hydrogens is 368 g/mol. The number of allylic oxidation sites excluding steroid dienone is 1. The standard InChI is InChI=1S/C22H20N4O3/c1-2-12-26-17-11-7-6-10-15(17)19(22(26)29)24-25-21(28)18-16(13-23-20(18)27)14-8-4-3-5-9-14/h2-11,16,18,29H,1,12-13H2,(H,23,27)/t16-,18-/m0/s1. The van der Waals surface area contributed by atoms with Crippen molar-refractivity contribution in [3.63, 3.8) is 0 Å². The fourth-order valence-corrected chi connectivity index (χ4v) is 3.76. The Hall–Kier alpha value is -3.74. The Morgan fingerprint density at radius 2 is 1.93 bits per heavy atom. The highest BCUT2D eigenvalue weighted by molar-refractivity contribution is 6.03. The number of nitrogens with zero attached hydrogens (tertiary/aromatic N) is 3. The maximum Gasteiger partial charge on any atom is 0.277 e. The van der Waals surface area contributed by atoms with Crippen LogP contribution >= 0.6 is 0 Å². The fourth-order valence-electron chi connectivity index (χ4n) is 3.76. The predicted octanol–water partition coefficient (Wildman–Crippen LogP) is 3.67. The number of azo groups is 1. The van der Waals surface area contributed by atoms with E-state index in [0.717, 1.165) is 11.1 Å². The Morgan fingerprint density at radius 3 is 2.69 bits per heavy atom.